The molecule has 0 N–H and O–H groups in total. The van der Waals surface area contributed by atoms with Crippen molar-refractivity contribution < 1.29 is 13.2 Å². The Morgan fingerprint density at radius 2 is 1.79 bits per heavy atom. The number of hydrogen-bond acceptors (Lipinski definition) is 4. The molecule has 2 aromatic carbocycles. The quantitative estimate of drug-likeness (QED) is 0.282. The standard InChI is InChI=1S/C11H6N4O3S/c12-14-15-19(17,18)11-6-5-10(13-7-16)8-3-1-2-4-9(8)11/h1-6H. The number of azide groups is 1. The highest BCUT2D eigenvalue weighted by Crippen LogP contribution is 2.31. The van der Waals surface area contributed by atoms with Gasteiger partial charge in [-0.2, -0.15) is 4.99 Å². The molecule has 0 amide bonds. The molecule has 0 aromatic heterocycles. The second kappa shape index (κ2) is 4.91. The van der Waals surface area contributed by atoms with Gasteiger partial charge < -0.3 is 0 Å². The summed E-state index contributed by atoms with van der Waals surface area (Å²) in [6.07, 6.45) is 1.40. The predicted molar refractivity (Wildman–Crippen MR) is 68.1 cm³/mol. The molecule has 7 nitrogen and oxygen atoms in total. The lowest BCUT2D eigenvalue weighted by Crippen LogP contribution is -1.96. The van der Waals surface area contributed by atoms with Gasteiger partial charge in [0.15, 0.2) is 0 Å². The van der Waals surface area contributed by atoms with E-state index in [2.05, 4.69) is 14.4 Å². The van der Waals surface area contributed by atoms with Gasteiger partial charge >= 0.3 is 0 Å². The SMILES string of the molecule is [N-]=[N+]=NS(=O)(=O)c1ccc(N=C=O)c2ccccc12. The molecule has 0 atom stereocenters. The lowest BCUT2D eigenvalue weighted by Gasteiger charge is -2.05. The highest BCUT2D eigenvalue weighted by molar-refractivity contribution is 7.90. The van der Waals surface area contributed by atoms with Gasteiger partial charge in [0.25, 0.3) is 10.0 Å². The highest BCUT2D eigenvalue weighted by atomic mass is 32.2. The lowest BCUT2D eigenvalue weighted by atomic mass is 10.1. The van der Waals surface area contributed by atoms with Crippen LogP contribution in [0.1, 0.15) is 0 Å². The van der Waals surface area contributed by atoms with E-state index in [-0.39, 0.29) is 4.90 Å². The van der Waals surface area contributed by atoms with E-state index in [1.165, 1.54) is 18.2 Å². The molecule has 2 rings (SSSR count). The summed E-state index contributed by atoms with van der Waals surface area (Å²) in [6.45, 7) is 0. The minimum atomic E-state index is -4.10. The molecule has 0 aliphatic carbocycles. The van der Waals surface area contributed by atoms with Crippen molar-refractivity contribution in [2.45, 2.75) is 4.90 Å². The van der Waals surface area contributed by atoms with E-state index >= 15 is 0 Å². The molecule has 0 spiro atoms. The van der Waals surface area contributed by atoms with Crippen LogP contribution >= 0.6 is 0 Å². The number of benzene rings is 2. The van der Waals surface area contributed by atoms with E-state index < -0.39 is 10.0 Å². The first-order valence-electron chi connectivity index (χ1n) is 5.01. The van der Waals surface area contributed by atoms with Crippen LogP contribution in [0.5, 0.6) is 0 Å². The van der Waals surface area contributed by atoms with Gasteiger partial charge in [-0.05, 0) is 17.7 Å². The van der Waals surface area contributed by atoms with Gasteiger partial charge in [0.05, 0.1) is 10.6 Å². The van der Waals surface area contributed by atoms with Crippen LogP contribution in [0.15, 0.2) is 50.8 Å². The fraction of sp³-hybridized carbons (Fsp3) is 0. The van der Waals surface area contributed by atoms with E-state index in [0.29, 0.717) is 16.5 Å². The Balaban J connectivity index is 2.91. The summed E-state index contributed by atoms with van der Waals surface area (Å²) in [6, 6.07) is 9.05. The zero-order valence-corrected chi connectivity index (χ0v) is 10.2. The van der Waals surface area contributed by atoms with Crippen molar-refractivity contribution in [1.29, 1.82) is 0 Å². The molecule has 0 unspecified atom stereocenters. The zero-order chi connectivity index (χ0) is 13.9. The number of aliphatic imine (C=N–C) groups is 1. The van der Waals surface area contributed by atoms with Crippen molar-refractivity contribution in [1.82, 2.24) is 0 Å². The smallest absolute Gasteiger partial charge is 0.216 e. The third kappa shape index (κ3) is 2.31. The molecule has 0 saturated heterocycles. The van der Waals surface area contributed by atoms with Crippen LogP contribution in [0.25, 0.3) is 21.2 Å². The molecule has 0 aliphatic heterocycles. The van der Waals surface area contributed by atoms with Gasteiger partial charge in [-0.1, -0.05) is 24.3 Å². The first-order chi connectivity index (χ1) is 9.10. The summed E-state index contributed by atoms with van der Waals surface area (Å²) in [5, 5.41) is 0.784. The van der Waals surface area contributed by atoms with E-state index in [9.17, 15) is 13.2 Å². The van der Waals surface area contributed by atoms with Crippen molar-refractivity contribution in [3.05, 3.63) is 46.8 Å². The minimum absolute atomic E-state index is 0.134. The van der Waals surface area contributed by atoms with Crippen molar-refractivity contribution >= 4 is 32.6 Å². The Labute approximate surface area is 107 Å². The Hall–Kier alpha value is -2.66. The summed E-state index contributed by atoms with van der Waals surface area (Å²) in [5.74, 6) is 0. The van der Waals surface area contributed by atoms with Gasteiger partial charge in [-0.15, -0.1) is 0 Å². The summed E-state index contributed by atoms with van der Waals surface area (Å²) >= 11 is 0. The predicted octanol–water partition coefficient (Wildman–Crippen LogP) is 2.81. The van der Waals surface area contributed by atoms with Crippen LogP contribution in [-0.4, -0.2) is 14.5 Å². The largest absolute Gasteiger partial charge is 0.264 e. The van der Waals surface area contributed by atoms with Crippen LogP contribution in [0.4, 0.5) is 5.69 Å². The topological polar surface area (TPSA) is 112 Å². The molecule has 0 fully saturated rings. The maximum atomic E-state index is 11.8. The van der Waals surface area contributed by atoms with Crippen LogP contribution in [-0.2, 0) is 14.8 Å². The number of carbonyl (C=O) groups excluding carboxylic acids is 1. The summed E-state index contributed by atoms with van der Waals surface area (Å²) < 4.78 is 26.4. The van der Waals surface area contributed by atoms with E-state index in [0.717, 1.165) is 0 Å². The Bertz CT molecular complexity index is 847. The average molecular weight is 274 g/mol. The minimum Gasteiger partial charge on any atom is -0.216 e. The highest BCUT2D eigenvalue weighted by Gasteiger charge is 2.17. The number of hydrogen-bond donors (Lipinski definition) is 0. The normalized spacial score (nSPS) is 10.5. The molecule has 0 saturated carbocycles. The number of isocyanates is 1. The molecule has 0 heterocycles. The molecule has 2 aromatic rings. The molecule has 19 heavy (non-hydrogen) atoms. The Kier molecular flexibility index (Phi) is 3.31. The zero-order valence-electron chi connectivity index (χ0n) is 9.39. The van der Waals surface area contributed by atoms with Gasteiger partial charge in [0.2, 0.25) is 6.08 Å². The van der Waals surface area contributed by atoms with Crippen LogP contribution in [0, 0.1) is 0 Å². The Morgan fingerprint density at radius 1 is 1.11 bits per heavy atom. The second-order valence-electron chi connectivity index (χ2n) is 3.48. The third-order valence-corrected chi connectivity index (χ3v) is 3.65. The monoisotopic (exact) mass is 274 g/mol. The van der Waals surface area contributed by atoms with Crippen molar-refractivity contribution in [3.63, 3.8) is 0 Å². The number of nitrogens with zero attached hydrogens (tertiary/aromatic N) is 4. The van der Waals surface area contributed by atoms with Crippen molar-refractivity contribution in [2.24, 2.45) is 9.51 Å². The third-order valence-electron chi connectivity index (χ3n) is 2.45. The Morgan fingerprint density at radius 3 is 2.42 bits per heavy atom. The second-order valence-corrected chi connectivity index (χ2v) is 5.03. The van der Waals surface area contributed by atoms with Crippen LogP contribution in [0.2, 0.25) is 0 Å². The fourth-order valence-corrected chi connectivity index (χ4v) is 2.60. The van der Waals surface area contributed by atoms with Gasteiger partial charge in [-0.25, -0.2) is 13.2 Å². The molecule has 0 bridgehead atoms. The van der Waals surface area contributed by atoms with Gasteiger partial charge in [-0.3, -0.25) is 0 Å². The maximum Gasteiger partial charge on any atom is 0.264 e. The van der Waals surface area contributed by atoms with Crippen molar-refractivity contribution in [3.8, 4) is 0 Å². The van der Waals surface area contributed by atoms with Crippen molar-refractivity contribution in [2.75, 3.05) is 0 Å². The van der Waals surface area contributed by atoms with Gasteiger partial charge in [0, 0.05) is 20.2 Å². The molecule has 8 heteroatoms. The maximum absolute atomic E-state index is 11.8. The summed E-state index contributed by atoms with van der Waals surface area (Å²) in [4.78, 5) is 16.0. The molecule has 0 radical (unpaired) electrons. The van der Waals surface area contributed by atoms with Crippen LogP contribution in [0.3, 0.4) is 0 Å². The number of fused-ring (bicyclic) bond motifs is 1. The summed E-state index contributed by atoms with van der Waals surface area (Å²) in [5.41, 5.74) is 8.58. The fourth-order valence-electron chi connectivity index (χ4n) is 1.72. The molecular formula is C11H6N4O3S. The number of sulfonamides is 1. The van der Waals surface area contributed by atoms with E-state index in [1.807, 2.05) is 0 Å². The number of rotatable bonds is 3. The van der Waals surface area contributed by atoms with E-state index in [1.54, 1.807) is 24.3 Å². The summed E-state index contributed by atoms with van der Waals surface area (Å²) in [7, 11) is -4.10. The van der Waals surface area contributed by atoms with Crippen LogP contribution < -0.4 is 0 Å². The lowest BCUT2D eigenvalue weighted by molar-refractivity contribution is 0.565. The van der Waals surface area contributed by atoms with E-state index in [4.69, 9.17) is 5.53 Å². The first-order valence-corrected chi connectivity index (χ1v) is 6.45. The molecule has 0 aliphatic rings. The first kappa shape index (κ1) is 12.8. The molecule has 94 valence electrons. The van der Waals surface area contributed by atoms with Gasteiger partial charge in [0.1, 0.15) is 0 Å². The molecular weight excluding hydrogens is 268 g/mol. The average Bonchev–Trinajstić information content (AvgIpc) is 2.39.